The van der Waals surface area contributed by atoms with Gasteiger partial charge in [0.05, 0.1) is 27.7 Å². The fourth-order valence-electron chi connectivity index (χ4n) is 6.99. The van der Waals surface area contributed by atoms with Crippen LogP contribution in [0.4, 0.5) is 0 Å². The predicted molar refractivity (Wildman–Crippen MR) is 268 cm³/mol. The van der Waals surface area contributed by atoms with E-state index in [1.807, 2.05) is 21.1 Å². The third-order valence-corrected chi connectivity index (χ3v) is 12.0. The Balaban J connectivity index is 4.20. The van der Waals surface area contributed by atoms with Crippen molar-refractivity contribution in [2.24, 2.45) is 0 Å². The van der Waals surface area contributed by atoms with Crippen molar-refractivity contribution < 1.29 is 42.1 Å². The lowest BCUT2D eigenvalue weighted by Crippen LogP contribution is -2.37. The van der Waals surface area contributed by atoms with Gasteiger partial charge in [-0.05, 0) is 77.0 Å². The van der Waals surface area contributed by atoms with Crippen molar-refractivity contribution in [1.82, 2.24) is 0 Å². The molecule has 372 valence electrons. The summed E-state index contributed by atoms with van der Waals surface area (Å²) in [7, 11) is 1.14. The molecule has 0 aliphatic carbocycles. The second kappa shape index (κ2) is 45.8. The third-order valence-electron chi connectivity index (χ3n) is 11.0. The number of quaternary nitrogens is 1. The number of likely N-dealkylation sites (N-methyl/N-ethyl adjacent to an activating group) is 1. The number of rotatable bonds is 47. The molecule has 0 fully saturated rings. The second-order valence-corrected chi connectivity index (χ2v) is 19.9. The lowest BCUT2D eigenvalue weighted by Gasteiger charge is -2.28. The van der Waals surface area contributed by atoms with E-state index in [0.29, 0.717) is 17.4 Å². The summed E-state index contributed by atoms with van der Waals surface area (Å²) in [5.74, 6) is -0.881. The summed E-state index contributed by atoms with van der Waals surface area (Å²) in [5.41, 5.74) is 0. The molecule has 0 amide bonds. The Hall–Kier alpha value is -2.29. The van der Waals surface area contributed by atoms with Crippen LogP contribution in [-0.4, -0.2) is 70.0 Å². The first-order valence-corrected chi connectivity index (χ1v) is 27.5. The number of allylic oxidation sites excluding steroid dienone is 10. The van der Waals surface area contributed by atoms with Gasteiger partial charge in [0.15, 0.2) is 6.10 Å². The highest BCUT2D eigenvalue weighted by Gasteiger charge is 2.21. The lowest BCUT2D eigenvalue weighted by molar-refractivity contribution is -0.870. The van der Waals surface area contributed by atoms with E-state index in [1.54, 1.807) is 0 Å². The number of hydrogen-bond acceptors (Lipinski definition) is 8. The van der Waals surface area contributed by atoms with Gasteiger partial charge in [-0.1, -0.05) is 190 Å². The van der Waals surface area contributed by atoms with E-state index in [1.165, 1.54) is 128 Å². The summed E-state index contributed by atoms with van der Waals surface area (Å²) in [6, 6.07) is 0. The van der Waals surface area contributed by atoms with Gasteiger partial charge in [0.25, 0.3) is 7.82 Å². The van der Waals surface area contributed by atoms with Gasteiger partial charge in [0, 0.05) is 12.8 Å². The van der Waals surface area contributed by atoms with Gasteiger partial charge in [0.1, 0.15) is 19.8 Å². The molecule has 0 aliphatic heterocycles. The van der Waals surface area contributed by atoms with Crippen LogP contribution < -0.4 is 4.89 Å². The minimum Gasteiger partial charge on any atom is -0.756 e. The molecule has 0 saturated carbocycles. The average molecular weight is 920 g/mol. The fraction of sp³-hybridized carbons (Fsp3) is 0.778. The van der Waals surface area contributed by atoms with E-state index in [4.69, 9.17) is 18.5 Å². The van der Waals surface area contributed by atoms with E-state index in [9.17, 15) is 19.0 Å². The number of phosphoric acid groups is 1. The molecule has 0 aliphatic rings. The van der Waals surface area contributed by atoms with Crippen molar-refractivity contribution in [2.75, 3.05) is 47.5 Å². The maximum atomic E-state index is 12.7. The molecule has 0 aromatic heterocycles. The molecule has 0 aromatic rings. The fourth-order valence-corrected chi connectivity index (χ4v) is 7.72. The van der Waals surface area contributed by atoms with Gasteiger partial charge in [0.2, 0.25) is 0 Å². The van der Waals surface area contributed by atoms with Gasteiger partial charge in [-0.25, -0.2) is 0 Å². The van der Waals surface area contributed by atoms with Crippen LogP contribution in [0.1, 0.15) is 219 Å². The standard InChI is InChI=1S/C54H98NO8P/c1-6-8-10-12-14-16-18-20-22-23-24-25-26-27-28-29-30-31-33-34-36-38-40-42-44-46-53(56)60-50-52(51-62-64(58,59)61-49-48-55(3,4)5)63-54(57)47-45-43-41-39-37-35-32-21-19-17-15-13-11-9-7-2/h9,11,15,17,21,23-24,32,37,39,52H,6-8,10,12-14,16,18-20,22,25-31,33-36,38,40-51H2,1-5H3/b11-9-,17-15-,24-23-,32-21-,39-37-. The SMILES string of the molecule is CC/C=C\C/C=C\C/C=C\C/C=C\CCCCC(=O)OC(COC(=O)CCCCCCCCCCCCCCC/C=C\CCCCCCCCCC)COP(=O)([O-])OCC[N+](C)(C)C. The third kappa shape index (κ3) is 49.2. The molecule has 2 atom stereocenters. The lowest BCUT2D eigenvalue weighted by atomic mass is 10.0. The van der Waals surface area contributed by atoms with Crippen molar-refractivity contribution >= 4 is 19.8 Å². The van der Waals surface area contributed by atoms with Gasteiger partial charge >= 0.3 is 11.9 Å². The molecule has 0 spiro atoms. The number of hydrogen-bond donors (Lipinski definition) is 0. The first kappa shape index (κ1) is 61.7. The van der Waals surface area contributed by atoms with Crippen molar-refractivity contribution in [2.45, 2.75) is 225 Å². The topological polar surface area (TPSA) is 111 Å². The minimum absolute atomic E-state index is 0.0406. The molecule has 0 N–H and O–H groups in total. The van der Waals surface area contributed by atoms with E-state index in [-0.39, 0.29) is 26.1 Å². The average Bonchev–Trinajstić information content (AvgIpc) is 3.25. The van der Waals surface area contributed by atoms with Gasteiger partial charge in [-0.15, -0.1) is 0 Å². The highest BCUT2D eigenvalue weighted by molar-refractivity contribution is 7.45. The normalized spacial score (nSPS) is 13.9. The molecule has 0 bridgehead atoms. The van der Waals surface area contributed by atoms with Crippen LogP contribution in [0.25, 0.3) is 0 Å². The molecular formula is C54H98NO8P. The van der Waals surface area contributed by atoms with E-state index in [2.05, 4.69) is 74.6 Å². The van der Waals surface area contributed by atoms with Crippen molar-refractivity contribution in [3.05, 3.63) is 60.8 Å². The van der Waals surface area contributed by atoms with Crippen molar-refractivity contribution in [1.29, 1.82) is 0 Å². The summed E-state index contributed by atoms with van der Waals surface area (Å²) in [6.45, 7) is 4.08. The van der Waals surface area contributed by atoms with Gasteiger partial charge in [-0.2, -0.15) is 0 Å². The number of phosphoric ester groups is 1. The second-order valence-electron chi connectivity index (χ2n) is 18.5. The zero-order valence-electron chi connectivity index (χ0n) is 42.0. The number of unbranched alkanes of at least 4 members (excludes halogenated alkanes) is 23. The van der Waals surface area contributed by atoms with Crippen LogP contribution in [-0.2, 0) is 32.7 Å². The highest BCUT2D eigenvalue weighted by atomic mass is 31.2. The molecule has 0 radical (unpaired) electrons. The summed E-state index contributed by atoms with van der Waals surface area (Å²) in [6.07, 6.45) is 57.0. The smallest absolute Gasteiger partial charge is 0.306 e. The Kier molecular flexibility index (Phi) is 44.2. The largest absolute Gasteiger partial charge is 0.756 e. The van der Waals surface area contributed by atoms with Crippen molar-refractivity contribution in [3.8, 4) is 0 Å². The molecule has 0 rings (SSSR count). The van der Waals surface area contributed by atoms with Gasteiger partial charge in [-0.3, -0.25) is 14.2 Å². The van der Waals surface area contributed by atoms with Crippen molar-refractivity contribution in [3.63, 3.8) is 0 Å². The predicted octanol–water partition coefficient (Wildman–Crippen LogP) is 15.0. The summed E-state index contributed by atoms with van der Waals surface area (Å²) >= 11 is 0. The first-order chi connectivity index (χ1) is 31.0. The molecule has 2 unspecified atom stereocenters. The van der Waals surface area contributed by atoms with Crippen LogP contribution in [0, 0.1) is 0 Å². The Morgan fingerprint density at radius 3 is 1.38 bits per heavy atom. The number of nitrogens with zero attached hydrogens (tertiary/aromatic N) is 1. The van der Waals surface area contributed by atoms with Crippen LogP contribution in [0.3, 0.4) is 0 Å². The summed E-state index contributed by atoms with van der Waals surface area (Å²) in [5, 5.41) is 0. The molecule has 0 saturated heterocycles. The number of esters is 2. The molecule has 10 heteroatoms. The number of ether oxygens (including phenoxy) is 2. The highest BCUT2D eigenvalue weighted by Crippen LogP contribution is 2.38. The first-order valence-electron chi connectivity index (χ1n) is 26.0. The Morgan fingerprint density at radius 1 is 0.500 bits per heavy atom. The maximum Gasteiger partial charge on any atom is 0.306 e. The quantitative estimate of drug-likeness (QED) is 0.0195. The van der Waals surface area contributed by atoms with Gasteiger partial charge < -0.3 is 27.9 Å². The van der Waals surface area contributed by atoms with Crippen LogP contribution in [0.5, 0.6) is 0 Å². The van der Waals surface area contributed by atoms with E-state index >= 15 is 0 Å². The zero-order valence-corrected chi connectivity index (χ0v) is 42.9. The molecule has 0 aromatic carbocycles. The van der Waals surface area contributed by atoms with Crippen LogP contribution in [0.2, 0.25) is 0 Å². The minimum atomic E-state index is -4.64. The maximum absolute atomic E-state index is 12.7. The number of carbonyl (C=O) groups is 2. The van der Waals surface area contributed by atoms with Crippen LogP contribution >= 0.6 is 7.82 Å². The molecular weight excluding hydrogens is 822 g/mol. The Morgan fingerprint density at radius 2 is 0.891 bits per heavy atom. The Bertz CT molecular complexity index is 1270. The molecule has 64 heavy (non-hydrogen) atoms. The summed E-state index contributed by atoms with van der Waals surface area (Å²) < 4.78 is 34.0. The van der Waals surface area contributed by atoms with E-state index < -0.39 is 32.5 Å². The van der Waals surface area contributed by atoms with E-state index in [0.717, 1.165) is 57.8 Å². The molecule has 0 heterocycles. The molecule has 9 nitrogen and oxygen atoms in total. The van der Waals surface area contributed by atoms with Crippen LogP contribution in [0.15, 0.2) is 60.8 Å². The Labute approximate surface area is 394 Å². The monoisotopic (exact) mass is 920 g/mol. The number of carbonyl (C=O) groups excluding carboxylic acids is 2. The summed E-state index contributed by atoms with van der Waals surface area (Å²) in [4.78, 5) is 37.7. The zero-order chi connectivity index (χ0) is 47.1.